The lowest BCUT2D eigenvalue weighted by Crippen LogP contribution is -2.39. The number of hydrogen-bond donors (Lipinski definition) is 1. The van der Waals surface area contributed by atoms with Crippen LogP contribution >= 0.6 is 11.8 Å². The van der Waals surface area contributed by atoms with E-state index < -0.39 is 5.66 Å². The Morgan fingerprint density at radius 1 is 1.44 bits per heavy atom. The van der Waals surface area contributed by atoms with Gasteiger partial charge in [-0.3, -0.25) is 10.6 Å². The van der Waals surface area contributed by atoms with Crippen LogP contribution in [0.15, 0.2) is 0 Å². The SMILES string of the molecule is [C-]#[N+]C1(N)CCSCC1. The fraction of sp³-hybridized carbons (Fsp3) is 0.833. The molecule has 0 aromatic heterocycles. The molecule has 1 aliphatic heterocycles. The zero-order valence-corrected chi connectivity index (χ0v) is 6.08. The van der Waals surface area contributed by atoms with Crippen LogP contribution in [0.25, 0.3) is 4.85 Å². The number of nitrogens with two attached hydrogens (primary N) is 1. The van der Waals surface area contributed by atoms with Gasteiger partial charge in [0.1, 0.15) is 0 Å². The highest BCUT2D eigenvalue weighted by molar-refractivity contribution is 7.99. The highest BCUT2D eigenvalue weighted by Gasteiger charge is 2.32. The van der Waals surface area contributed by atoms with Crippen molar-refractivity contribution in [3.8, 4) is 0 Å². The number of rotatable bonds is 0. The van der Waals surface area contributed by atoms with Gasteiger partial charge in [0.05, 0.1) is 0 Å². The summed E-state index contributed by atoms with van der Waals surface area (Å²) in [6, 6.07) is 0. The van der Waals surface area contributed by atoms with Gasteiger partial charge in [0, 0.05) is 24.3 Å². The minimum absolute atomic E-state index is 0.509. The summed E-state index contributed by atoms with van der Waals surface area (Å²) in [4.78, 5) is 3.39. The third-order valence-corrected chi connectivity index (χ3v) is 2.57. The van der Waals surface area contributed by atoms with Crippen LogP contribution in [0.3, 0.4) is 0 Å². The molecule has 1 heterocycles. The molecule has 0 aromatic carbocycles. The van der Waals surface area contributed by atoms with E-state index in [0.717, 1.165) is 24.3 Å². The molecule has 1 rings (SSSR count). The molecule has 2 nitrogen and oxygen atoms in total. The van der Waals surface area contributed by atoms with Crippen molar-refractivity contribution in [3.63, 3.8) is 0 Å². The monoisotopic (exact) mass is 142 g/mol. The Labute approximate surface area is 59.6 Å². The Kier molecular flexibility index (Phi) is 1.99. The van der Waals surface area contributed by atoms with Gasteiger partial charge in [-0.1, -0.05) is 0 Å². The van der Waals surface area contributed by atoms with E-state index in [0.29, 0.717) is 0 Å². The highest BCUT2D eigenvalue weighted by atomic mass is 32.2. The largest absolute Gasteiger partial charge is 0.293 e. The molecule has 0 bridgehead atoms. The van der Waals surface area contributed by atoms with Crippen molar-refractivity contribution < 1.29 is 0 Å². The van der Waals surface area contributed by atoms with Crippen LogP contribution in [-0.4, -0.2) is 17.2 Å². The molecule has 1 saturated heterocycles. The predicted molar refractivity (Wildman–Crippen MR) is 40.1 cm³/mol. The topological polar surface area (TPSA) is 30.4 Å². The van der Waals surface area contributed by atoms with Gasteiger partial charge >= 0.3 is 0 Å². The molecule has 2 N–H and O–H groups in total. The standard InChI is InChI=1S/C6H10N2S/c1-8-6(7)2-4-9-5-3-6/h2-5,7H2. The van der Waals surface area contributed by atoms with Gasteiger partial charge in [-0.15, -0.1) is 0 Å². The van der Waals surface area contributed by atoms with Gasteiger partial charge in [-0.2, -0.15) is 11.8 Å². The second kappa shape index (κ2) is 2.59. The van der Waals surface area contributed by atoms with E-state index in [1.54, 1.807) is 0 Å². The lowest BCUT2D eigenvalue weighted by molar-refractivity contribution is 0.486. The van der Waals surface area contributed by atoms with Crippen molar-refractivity contribution >= 4 is 11.8 Å². The summed E-state index contributed by atoms with van der Waals surface area (Å²) < 4.78 is 0. The van der Waals surface area contributed by atoms with Crippen molar-refractivity contribution in [1.29, 1.82) is 0 Å². The molecule has 0 aromatic rings. The molecule has 1 fully saturated rings. The molecule has 9 heavy (non-hydrogen) atoms. The van der Waals surface area contributed by atoms with Crippen LogP contribution < -0.4 is 5.73 Å². The Morgan fingerprint density at radius 3 is 2.33 bits per heavy atom. The normalized spacial score (nSPS) is 24.9. The van der Waals surface area contributed by atoms with Crippen LogP contribution in [0.2, 0.25) is 0 Å². The van der Waals surface area contributed by atoms with Gasteiger partial charge < -0.3 is 0 Å². The third-order valence-electron chi connectivity index (χ3n) is 1.58. The smallest absolute Gasteiger partial charge is 0.285 e. The van der Waals surface area contributed by atoms with Gasteiger partial charge in [0.2, 0.25) is 0 Å². The summed E-state index contributed by atoms with van der Waals surface area (Å²) >= 11 is 1.89. The molecule has 0 radical (unpaired) electrons. The van der Waals surface area contributed by atoms with Gasteiger partial charge in [-0.25, -0.2) is 6.57 Å². The molecule has 0 amide bonds. The van der Waals surface area contributed by atoms with Crippen LogP contribution in [-0.2, 0) is 0 Å². The van der Waals surface area contributed by atoms with E-state index in [1.165, 1.54) is 0 Å². The highest BCUT2D eigenvalue weighted by Crippen LogP contribution is 2.25. The van der Waals surface area contributed by atoms with Crippen molar-refractivity contribution in [2.24, 2.45) is 5.73 Å². The van der Waals surface area contributed by atoms with E-state index >= 15 is 0 Å². The van der Waals surface area contributed by atoms with E-state index in [4.69, 9.17) is 12.3 Å². The first-order valence-electron chi connectivity index (χ1n) is 3.02. The Hall–Kier alpha value is -0.200. The zero-order valence-electron chi connectivity index (χ0n) is 5.26. The lowest BCUT2D eigenvalue weighted by atomic mass is 10.1. The molecule has 50 valence electrons. The molecular weight excluding hydrogens is 132 g/mol. The van der Waals surface area contributed by atoms with Gasteiger partial charge in [-0.05, 0) is 0 Å². The first-order chi connectivity index (χ1) is 4.27. The van der Waals surface area contributed by atoms with E-state index in [9.17, 15) is 0 Å². The van der Waals surface area contributed by atoms with Gasteiger partial charge in [0.25, 0.3) is 5.66 Å². The molecule has 0 unspecified atom stereocenters. The van der Waals surface area contributed by atoms with E-state index in [2.05, 4.69) is 4.85 Å². The predicted octanol–water partition coefficient (Wildman–Crippen LogP) is 1.09. The second-order valence-electron chi connectivity index (χ2n) is 2.33. The van der Waals surface area contributed by atoms with Crippen LogP contribution in [0.5, 0.6) is 0 Å². The van der Waals surface area contributed by atoms with Crippen molar-refractivity contribution in [1.82, 2.24) is 0 Å². The molecule has 0 saturated carbocycles. The van der Waals surface area contributed by atoms with E-state index in [-0.39, 0.29) is 0 Å². The first kappa shape index (κ1) is 6.91. The average molecular weight is 142 g/mol. The van der Waals surface area contributed by atoms with Crippen molar-refractivity contribution in [2.75, 3.05) is 11.5 Å². The third kappa shape index (κ3) is 1.60. The van der Waals surface area contributed by atoms with E-state index in [1.807, 2.05) is 11.8 Å². The van der Waals surface area contributed by atoms with Crippen LogP contribution in [0.4, 0.5) is 0 Å². The maximum Gasteiger partial charge on any atom is 0.285 e. The zero-order chi connectivity index (χ0) is 6.74. The minimum Gasteiger partial charge on any atom is -0.293 e. The number of thioether (sulfide) groups is 1. The quantitative estimate of drug-likeness (QED) is 0.513. The number of hydrogen-bond acceptors (Lipinski definition) is 2. The molecule has 0 aliphatic carbocycles. The van der Waals surface area contributed by atoms with Gasteiger partial charge in [0.15, 0.2) is 0 Å². The maximum atomic E-state index is 6.78. The number of nitrogens with zero attached hydrogens (tertiary/aromatic N) is 1. The summed E-state index contributed by atoms with van der Waals surface area (Å²) in [5.41, 5.74) is 5.18. The maximum absolute atomic E-state index is 6.78. The average Bonchev–Trinajstić information content (AvgIpc) is 1.90. The Morgan fingerprint density at radius 2 is 2.00 bits per heavy atom. The van der Waals surface area contributed by atoms with Crippen molar-refractivity contribution in [2.45, 2.75) is 18.5 Å². The summed E-state index contributed by atoms with van der Waals surface area (Å²) in [6.07, 6.45) is 1.72. The first-order valence-corrected chi connectivity index (χ1v) is 4.18. The molecule has 1 aliphatic rings. The second-order valence-corrected chi connectivity index (χ2v) is 3.55. The molecule has 0 atom stereocenters. The molecule has 3 heteroatoms. The summed E-state index contributed by atoms with van der Waals surface area (Å²) in [5.74, 6) is 2.11. The fourth-order valence-corrected chi connectivity index (χ4v) is 2.04. The minimum atomic E-state index is -0.509. The van der Waals surface area contributed by atoms with Crippen LogP contribution in [0.1, 0.15) is 12.8 Å². The Balaban J connectivity index is 2.49. The summed E-state index contributed by atoms with van der Waals surface area (Å²) in [5, 5.41) is 0. The lowest BCUT2D eigenvalue weighted by Gasteiger charge is -2.20. The van der Waals surface area contributed by atoms with Crippen LogP contribution in [0, 0.1) is 6.57 Å². The molecular formula is C6H10N2S. The fourth-order valence-electron chi connectivity index (χ4n) is 0.837. The van der Waals surface area contributed by atoms with Crippen molar-refractivity contribution in [3.05, 3.63) is 11.4 Å². The summed E-state index contributed by atoms with van der Waals surface area (Å²) in [7, 11) is 0. The summed E-state index contributed by atoms with van der Waals surface area (Å²) in [6.45, 7) is 6.78. The molecule has 0 spiro atoms. The Bertz CT molecular complexity index is 132.